The van der Waals surface area contributed by atoms with Crippen molar-refractivity contribution >= 4 is 29.3 Å². The highest BCUT2D eigenvalue weighted by Gasteiger charge is 2.27. The highest BCUT2D eigenvalue weighted by atomic mass is 35.5. The number of hydrogen-bond donors (Lipinski definition) is 0. The molecule has 1 heterocycles. The normalized spacial score (nSPS) is 14.7. The summed E-state index contributed by atoms with van der Waals surface area (Å²) in [6.07, 6.45) is 0. The lowest BCUT2D eigenvalue weighted by Crippen LogP contribution is -2.50. The van der Waals surface area contributed by atoms with Crippen LogP contribution in [-0.4, -0.2) is 47.6 Å². The number of thioether (sulfide) groups is 1. The molecule has 0 aliphatic carbocycles. The Balaban J connectivity index is 1.34. The molecule has 0 N–H and O–H groups in total. The Labute approximate surface area is 194 Å². The molecular weight excluding hydrogens is 424 g/mol. The van der Waals surface area contributed by atoms with Gasteiger partial charge in [0, 0.05) is 37.0 Å². The lowest BCUT2D eigenvalue weighted by Gasteiger charge is -2.39. The molecule has 5 heteroatoms. The van der Waals surface area contributed by atoms with Gasteiger partial charge in [-0.15, -0.1) is 11.8 Å². The second-order valence-corrected chi connectivity index (χ2v) is 9.12. The number of piperazine rings is 1. The lowest BCUT2D eigenvalue weighted by molar-refractivity contribution is -0.130. The molecule has 1 amide bonds. The molecule has 0 atom stereocenters. The minimum atomic E-state index is 0.215. The van der Waals surface area contributed by atoms with E-state index in [0.29, 0.717) is 5.75 Å². The van der Waals surface area contributed by atoms with Gasteiger partial charge in [-0.1, -0.05) is 90.5 Å². The molecule has 31 heavy (non-hydrogen) atoms. The molecule has 1 saturated heterocycles. The molecule has 4 rings (SSSR count). The minimum Gasteiger partial charge on any atom is -0.339 e. The van der Waals surface area contributed by atoms with Crippen molar-refractivity contribution in [3.05, 3.63) is 107 Å². The van der Waals surface area contributed by atoms with Crippen molar-refractivity contribution in [3.8, 4) is 0 Å². The van der Waals surface area contributed by atoms with Crippen molar-refractivity contribution in [2.75, 3.05) is 31.9 Å². The van der Waals surface area contributed by atoms with Crippen molar-refractivity contribution < 1.29 is 4.79 Å². The third-order valence-electron chi connectivity index (χ3n) is 5.70. The first-order valence-electron chi connectivity index (χ1n) is 10.7. The second kappa shape index (κ2) is 10.9. The van der Waals surface area contributed by atoms with Gasteiger partial charge in [0.15, 0.2) is 0 Å². The van der Waals surface area contributed by atoms with Crippen LogP contribution in [0.4, 0.5) is 0 Å². The van der Waals surface area contributed by atoms with Crippen molar-refractivity contribution in [2.24, 2.45) is 0 Å². The first-order chi connectivity index (χ1) is 15.2. The van der Waals surface area contributed by atoms with Gasteiger partial charge in [0.25, 0.3) is 0 Å². The van der Waals surface area contributed by atoms with Crippen molar-refractivity contribution in [1.82, 2.24) is 9.80 Å². The van der Waals surface area contributed by atoms with Gasteiger partial charge >= 0.3 is 0 Å². The summed E-state index contributed by atoms with van der Waals surface area (Å²) in [5.74, 6) is 1.47. The first kappa shape index (κ1) is 21.9. The topological polar surface area (TPSA) is 23.6 Å². The van der Waals surface area contributed by atoms with Crippen molar-refractivity contribution in [2.45, 2.75) is 11.8 Å². The maximum Gasteiger partial charge on any atom is 0.232 e. The predicted molar refractivity (Wildman–Crippen MR) is 130 cm³/mol. The van der Waals surface area contributed by atoms with Gasteiger partial charge < -0.3 is 4.90 Å². The van der Waals surface area contributed by atoms with Crippen LogP contribution in [0.3, 0.4) is 0 Å². The maximum atomic E-state index is 12.7. The summed E-state index contributed by atoms with van der Waals surface area (Å²) in [4.78, 5) is 17.2. The van der Waals surface area contributed by atoms with E-state index in [-0.39, 0.29) is 11.9 Å². The van der Waals surface area contributed by atoms with Gasteiger partial charge in [-0.05, 0) is 22.8 Å². The van der Waals surface area contributed by atoms with Gasteiger partial charge in [-0.2, -0.15) is 0 Å². The van der Waals surface area contributed by atoms with E-state index in [4.69, 9.17) is 11.6 Å². The largest absolute Gasteiger partial charge is 0.339 e. The number of rotatable bonds is 7. The number of carbonyl (C=O) groups is 1. The highest BCUT2D eigenvalue weighted by Crippen LogP contribution is 2.29. The summed E-state index contributed by atoms with van der Waals surface area (Å²) < 4.78 is 0. The van der Waals surface area contributed by atoms with E-state index >= 15 is 0 Å². The van der Waals surface area contributed by atoms with E-state index in [2.05, 4.69) is 65.6 Å². The number of carbonyl (C=O) groups excluding carboxylic acids is 1. The molecule has 0 aromatic heterocycles. The number of hydrogen-bond acceptors (Lipinski definition) is 3. The number of nitrogens with zero attached hydrogens (tertiary/aromatic N) is 2. The highest BCUT2D eigenvalue weighted by molar-refractivity contribution is 7.99. The third-order valence-corrected chi connectivity index (χ3v) is 7.04. The Hall–Kier alpha value is -2.27. The summed E-state index contributed by atoms with van der Waals surface area (Å²) >= 11 is 7.85. The smallest absolute Gasteiger partial charge is 0.232 e. The average molecular weight is 451 g/mol. The van der Waals surface area contributed by atoms with E-state index in [1.165, 1.54) is 11.1 Å². The van der Waals surface area contributed by atoms with E-state index in [1.807, 2.05) is 29.2 Å². The molecule has 3 aromatic rings. The van der Waals surface area contributed by atoms with Gasteiger partial charge in [0.2, 0.25) is 5.91 Å². The zero-order valence-electron chi connectivity index (χ0n) is 17.5. The Kier molecular flexibility index (Phi) is 7.68. The van der Waals surface area contributed by atoms with Gasteiger partial charge in [0.1, 0.15) is 0 Å². The predicted octanol–water partition coefficient (Wildman–Crippen LogP) is 5.51. The van der Waals surface area contributed by atoms with Crippen LogP contribution in [0.25, 0.3) is 0 Å². The van der Waals surface area contributed by atoms with E-state index < -0.39 is 0 Å². The standard InChI is InChI=1S/C26H27ClN2OS/c27-24-14-8-7-13-23(24)19-31-20-25(30)28-15-17-29(18-16-28)26(21-9-3-1-4-10-21)22-11-5-2-6-12-22/h1-14,26H,15-20H2. The van der Waals surface area contributed by atoms with Gasteiger partial charge in [-0.3, -0.25) is 9.69 Å². The zero-order valence-corrected chi connectivity index (χ0v) is 19.1. The van der Waals surface area contributed by atoms with Gasteiger partial charge in [0.05, 0.1) is 11.8 Å². The van der Waals surface area contributed by atoms with Crippen LogP contribution < -0.4 is 0 Å². The maximum absolute atomic E-state index is 12.7. The molecule has 1 aliphatic heterocycles. The molecule has 3 nitrogen and oxygen atoms in total. The number of halogens is 1. The fraction of sp³-hybridized carbons (Fsp3) is 0.269. The number of benzene rings is 3. The molecule has 1 aliphatic rings. The average Bonchev–Trinajstić information content (AvgIpc) is 2.82. The third kappa shape index (κ3) is 5.70. The van der Waals surface area contributed by atoms with E-state index in [1.54, 1.807) is 11.8 Å². The molecule has 3 aromatic carbocycles. The van der Waals surface area contributed by atoms with Crippen LogP contribution in [0.2, 0.25) is 5.02 Å². The Morgan fingerprint density at radius 2 is 1.35 bits per heavy atom. The molecule has 0 saturated carbocycles. The zero-order chi connectivity index (χ0) is 21.5. The summed E-state index contributed by atoms with van der Waals surface area (Å²) in [5.41, 5.74) is 3.67. The molecule has 0 unspecified atom stereocenters. The molecule has 1 fully saturated rings. The molecule has 0 bridgehead atoms. The summed E-state index contributed by atoms with van der Waals surface area (Å²) in [7, 11) is 0. The summed E-state index contributed by atoms with van der Waals surface area (Å²) in [6.45, 7) is 3.27. The van der Waals surface area contributed by atoms with Crippen molar-refractivity contribution in [1.29, 1.82) is 0 Å². The fourth-order valence-electron chi connectivity index (χ4n) is 4.07. The minimum absolute atomic E-state index is 0.215. The Morgan fingerprint density at radius 3 is 1.94 bits per heavy atom. The monoisotopic (exact) mass is 450 g/mol. The van der Waals surface area contributed by atoms with E-state index in [9.17, 15) is 4.79 Å². The van der Waals surface area contributed by atoms with Gasteiger partial charge in [-0.25, -0.2) is 0 Å². The van der Waals surface area contributed by atoms with Crippen LogP contribution >= 0.6 is 23.4 Å². The van der Waals surface area contributed by atoms with Crippen LogP contribution in [0.5, 0.6) is 0 Å². The molecule has 160 valence electrons. The van der Waals surface area contributed by atoms with E-state index in [0.717, 1.165) is 42.5 Å². The molecule has 0 radical (unpaired) electrons. The van der Waals surface area contributed by atoms with Crippen LogP contribution in [-0.2, 0) is 10.5 Å². The Morgan fingerprint density at radius 1 is 0.806 bits per heavy atom. The van der Waals surface area contributed by atoms with Crippen LogP contribution in [0.1, 0.15) is 22.7 Å². The molecular formula is C26H27ClN2OS. The fourth-order valence-corrected chi connectivity index (χ4v) is 5.28. The Bertz CT molecular complexity index is 935. The molecule has 0 spiro atoms. The summed E-state index contributed by atoms with van der Waals surface area (Å²) in [6, 6.07) is 29.3. The van der Waals surface area contributed by atoms with Crippen molar-refractivity contribution in [3.63, 3.8) is 0 Å². The van der Waals surface area contributed by atoms with Crippen LogP contribution in [0, 0.1) is 0 Å². The number of amides is 1. The lowest BCUT2D eigenvalue weighted by atomic mass is 9.96. The first-order valence-corrected chi connectivity index (χ1v) is 12.2. The van der Waals surface area contributed by atoms with Crippen LogP contribution in [0.15, 0.2) is 84.9 Å². The summed E-state index contributed by atoms with van der Waals surface area (Å²) in [5, 5.41) is 0.768. The second-order valence-electron chi connectivity index (χ2n) is 7.72. The SMILES string of the molecule is O=C(CSCc1ccccc1Cl)N1CCN(C(c2ccccc2)c2ccccc2)CC1. The quantitative estimate of drug-likeness (QED) is 0.474.